The summed E-state index contributed by atoms with van der Waals surface area (Å²) in [5.74, 6) is 8.20. The lowest BCUT2D eigenvalue weighted by molar-refractivity contribution is -0.151. The molecule has 138 valence electrons. The number of methoxy groups -OCH3 is 1. The molecule has 1 aliphatic carbocycles. The van der Waals surface area contributed by atoms with Crippen LogP contribution in [-0.4, -0.2) is 36.1 Å². The van der Waals surface area contributed by atoms with Crippen molar-refractivity contribution >= 4 is 5.97 Å². The lowest BCUT2D eigenvalue weighted by Gasteiger charge is -2.42. The molecule has 3 fully saturated rings. The van der Waals surface area contributed by atoms with Crippen LogP contribution in [0.5, 0.6) is 0 Å². The van der Waals surface area contributed by atoms with Gasteiger partial charge in [-0.15, -0.1) is 11.8 Å². The SMILES string of the molecule is CC#CCCCC=C[C@H]1CCC2[C@@H]1CC1C(C)CCC(C(=O)OC)N12. The number of allylic oxidation sites excluding steroid dienone is 2. The number of piperidine rings is 1. The minimum atomic E-state index is -0.0198. The van der Waals surface area contributed by atoms with Gasteiger partial charge in [-0.1, -0.05) is 19.1 Å². The first-order valence-corrected chi connectivity index (χ1v) is 10.1. The molecule has 2 aliphatic heterocycles. The molecule has 0 aromatic heterocycles. The second kappa shape index (κ2) is 8.41. The fraction of sp³-hybridized carbons (Fsp3) is 0.773. The van der Waals surface area contributed by atoms with Crippen LogP contribution in [0.3, 0.4) is 0 Å². The summed E-state index contributed by atoms with van der Waals surface area (Å²) in [6.45, 7) is 4.28. The van der Waals surface area contributed by atoms with Crippen LogP contribution in [0, 0.1) is 29.6 Å². The third-order valence-electron chi connectivity index (χ3n) is 6.74. The normalized spacial score (nSPS) is 37.4. The van der Waals surface area contributed by atoms with Crippen LogP contribution in [0.25, 0.3) is 0 Å². The Balaban J connectivity index is 1.63. The Bertz CT molecular complexity index is 558. The Hall–Kier alpha value is -1.27. The molecule has 6 atom stereocenters. The molecule has 3 rings (SSSR count). The van der Waals surface area contributed by atoms with E-state index < -0.39 is 0 Å². The summed E-state index contributed by atoms with van der Waals surface area (Å²) in [6.07, 6.45) is 14.0. The summed E-state index contributed by atoms with van der Waals surface area (Å²) >= 11 is 0. The summed E-state index contributed by atoms with van der Waals surface area (Å²) in [6, 6.07) is 1.15. The van der Waals surface area contributed by atoms with E-state index in [2.05, 4.69) is 35.8 Å². The van der Waals surface area contributed by atoms with E-state index in [-0.39, 0.29) is 12.0 Å². The maximum Gasteiger partial charge on any atom is 0.323 e. The molecule has 0 aromatic rings. The largest absolute Gasteiger partial charge is 0.468 e. The van der Waals surface area contributed by atoms with Crippen molar-refractivity contribution in [1.29, 1.82) is 0 Å². The van der Waals surface area contributed by atoms with Crippen LogP contribution in [0.15, 0.2) is 12.2 Å². The summed E-state index contributed by atoms with van der Waals surface area (Å²) in [4.78, 5) is 14.9. The van der Waals surface area contributed by atoms with Gasteiger partial charge in [-0.2, -0.15) is 0 Å². The zero-order chi connectivity index (χ0) is 17.8. The van der Waals surface area contributed by atoms with Gasteiger partial charge in [0.05, 0.1) is 7.11 Å². The molecule has 0 amide bonds. The number of ether oxygens (including phenoxy) is 1. The maximum atomic E-state index is 12.3. The Morgan fingerprint density at radius 1 is 1.24 bits per heavy atom. The van der Waals surface area contributed by atoms with E-state index in [1.807, 2.05) is 6.92 Å². The predicted octanol–water partition coefficient (Wildman–Crippen LogP) is 4.18. The second-order valence-electron chi connectivity index (χ2n) is 8.06. The van der Waals surface area contributed by atoms with Crippen molar-refractivity contribution in [2.75, 3.05) is 7.11 Å². The highest BCUT2D eigenvalue weighted by Crippen LogP contribution is 2.50. The number of hydrogen-bond donors (Lipinski definition) is 0. The number of unbranched alkanes of at least 4 members (excludes halogenated alkanes) is 2. The molecule has 2 heterocycles. The fourth-order valence-electron chi connectivity index (χ4n) is 5.49. The van der Waals surface area contributed by atoms with Crippen molar-refractivity contribution in [2.45, 2.75) is 83.3 Å². The van der Waals surface area contributed by atoms with Crippen LogP contribution >= 0.6 is 0 Å². The molecule has 3 heteroatoms. The molecule has 2 saturated heterocycles. The van der Waals surface area contributed by atoms with E-state index in [4.69, 9.17) is 4.74 Å². The van der Waals surface area contributed by atoms with Crippen LogP contribution in [-0.2, 0) is 9.53 Å². The average Bonchev–Trinajstić information content (AvgIpc) is 3.18. The van der Waals surface area contributed by atoms with Crippen molar-refractivity contribution in [1.82, 2.24) is 4.90 Å². The summed E-state index contributed by atoms with van der Waals surface area (Å²) < 4.78 is 5.11. The molecular formula is C22H33NO2. The van der Waals surface area contributed by atoms with Crippen molar-refractivity contribution in [2.24, 2.45) is 17.8 Å². The Morgan fingerprint density at radius 3 is 2.84 bits per heavy atom. The smallest absolute Gasteiger partial charge is 0.323 e. The Kier molecular flexibility index (Phi) is 6.23. The summed E-state index contributed by atoms with van der Waals surface area (Å²) in [5, 5.41) is 0. The van der Waals surface area contributed by atoms with Crippen molar-refractivity contribution in [3.05, 3.63) is 12.2 Å². The number of fused-ring (bicyclic) bond motifs is 3. The van der Waals surface area contributed by atoms with Gasteiger partial charge in [0.15, 0.2) is 0 Å². The lowest BCUT2D eigenvalue weighted by atomic mass is 9.84. The standard InChI is InChI=1S/C22H33NO2/c1-4-5-6-7-8-9-10-17-12-14-19-18(17)15-21-16(2)11-13-20(23(19)21)22(24)25-3/h9-10,16-21H,6-8,11-15H2,1-3H3/t16?,17-,18+,19?,20?,21?/m0/s1. The van der Waals surface area contributed by atoms with Crippen LogP contribution in [0.4, 0.5) is 0 Å². The quantitative estimate of drug-likeness (QED) is 0.325. The number of hydrogen-bond acceptors (Lipinski definition) is 3. The first kappa shape index (κ1) is 18.5. The highest BCUT2D eigenvalue weighted by Gasteiger charge is 2.54. The van der Waals surface area contributed by atoms with Gasteiger partial charge in [-0.25, -0.2) is 0 Å². The van der Waals surface area contributed by atoms with Gasteiger partial charge < -0.3 is 4.74 Å². The zero-order valence-electron chi connectivity index (χ0n) is 16.0. The zero-order valence-corrected chi connectivity index (χ0v) is 16.0. The van der Waals surface area contributed by atoms with Gasteiger partial charge in [0, 0.05) is 18.5 Å². The van der Waals surface area contributed by atoms with E-state index in [1.54, 1.807) is 0 Å². The summed E-state index contributed by atoms with van der Waals surface area (Å²) in [7, 11) is 1.53. The molecule has 1 saturated carbocycles. The van der Waals surface area contributed by atoms with E-state index in [0.717, 1.165) is 38.0 Å². The van der Waals surface area contributed by atoms with Gasteiger partial charge in [0.1, 0.15) is 6.04 Å². The first-order chi connectivity index (χ1) is 12.2. The van der Waals surface area contributed by atoms with Gasteiger partial charge in [-0.05, 0) is 69.6 Å². The Morgan fingerprint density at radius 2 is 2.08 bits per heavy atom. The van der Waals surface area contributed by atoms with E-state index in [9.17, 15) is 4.79 Å². The van der Waals surface area contributed by atoms with Crippen molar-refractivity contribution in [3.8, 4) is 11.8 Å². The second-order valence-corrected chi connectivity index (χ2v) is 8.06. The van der Waals surface area contributed by atoms with Gasteiger partial charge in [0.25, 0.3) is 0 Å². The average molecular weight is 344 g/mol. The highest BCUT2D eigenvalue weighted by atomic mass is 16.5. The third kappa shape index (κ3) is 3.80. The molecule has 25 heavy (non-hydrogen) atoms. The lowest BCUT2D eigenvalue weighted by Crippen LogP contribution is -2.53. The molecule has 0 bridgehead atoms. The third-order valence-corrected chi connectivity index (χ3v) is 6.74. The monoisotopic (exact) mass is 343 g/mol. The number of esters is 1. The highest BCUT2D eigenvalue weighted by molar-refractivity contribution is 5.76. The van der Waals surface area contributed by atoms with Crippen LogP contribution in [0.2, 0.25) is 0 Å². The maximum absolute atomic E-state index is 12.3. The number of carbonyl (C=O) groups is 1. The summed E-state index contributed by atoms with van der Waals surface area (Å²) in [5.41, 5.74) is 0. The molecule has 0 N–H and O–H groups in total. The topological polar surface area (TPSA) is 29.5 Å². The van der Waals surface area contributed by atoms with Gasteiger partial charge >= 0.3 is 5.97 Å². The number of nitrogens with zero attached hydrogens (tertiary/aromatic N) is 1. The molecule has 0 spiro atoms. The van der Waals surface area contributed by atoms with Crippen LogP contribution < -0.4 is 0 Å². The van der Waals surface area contributed by atoms with E-state index in [0.29, 0.717) is 23.9 Å². The molecule has 0 radical (unpaired) electrons. The van der Waals surface area contributed by atoms with Crippen molar-refractivity contribution in [3.63, 3.8) is 0 Å². The fourth-order valence-corrected chi connectivity index (χ4v) is 5.49. The first-order valence-electron chi connectivity index (χ1n) is 10.1. The number of carbonyl (C=O) groups excluding carboxylic acids is 1. The van der Waals surface area contributed by atoms with E-state index in [1.165, 1.54) is 26.4 Å². The van der Waals surface area contributed by atoms with Gasteiger partial charge in [-0.3, -0.25) is 9.69 Å². The molecular weight excluding hydrogens is 310 g/mol. The molecule has 3 aliphatic rings. The molecule has 0 aromatic carbocycles. The van der Waals surface area contributed by atoms with Gasteiger partial charge in [0.2, 0.25) is 0 Å². The number of rotatable bonds is 5. The van der Waals surface area contributed by atoms with Crippen LogP contribution in [0.1, 0.15) is 65.2 Å². The van der Waals surface area contributed by atoms with Crippen molar-refractivity contribution < 1.29 is 9.53 Å². The Labute approximate surface area is 153 Å². The predicted molar refractivity (Wildman–Crippen MR) is 101 cm³/mol. The van der Waals surface area contributed by atoms with E-state index >= 15 is 0 Å². The molecule has 3 nitrogen and oxygen atoms in total. The minimum Gasteiger partial charge on any atom is -0.468 e. The minimum absolute atomic E-state index is 0.00320. The molecule has 4 unspecified atom stereocenters.